The molecule has 0 bridgehead atoms. The maximum Gasteiger partial charge on any atom is 0.0618 e. The second kappa shape index (κ2) is 5.46. The topological polar surface area (TPSA) is 21.3 Å². The van der Waals surface area contributed by atoms with Gasteiger partial charge in [0.15, 0.2) is 0 Å². The van der Waals surface area contributed by atoms with Crippen molar-refractivity contribution in [2.75, 3.05) is 20.8 Å². The molecule has 0 saturated carbocycles. The largest absolute Gasteiger partial charge is 0.383 e. The molecule has 0 amide bonds. The molecule has 0 heterocycles. The minimum absolute atomic E-state index is 0.421. The molecule has 1 aromatic rings. The Hall–Kier alpha value is -0.860. The highest BCUT2D eigenvalue weighted by Gasteiger charge is 2.12. The number of hydrogen-bond acceptors (Lipinski definition) is 2. The number of benzene rings is 1. The number of nitrogens with one attached hydrogen (secondary N) is 1. The van der Waals surface area contributed by atoms with Crippen LogP contribution in [0.2, 0.25) is 0 Å². The van der Waals surface area contributed by atoms with Crippen LogP contribution < -0.4 is 5.32 Å². The third kappa shape index (κ3) is 2.63. The normalized spacial score (nSPS) is 16.1. The van der Waals surface area contributed by atoms with Crippen molar-refractivity contribution in [3.63, 3.8) is 0 Å². The molecule has 1 aromatic carbocycles. The predicted octanol–water partition coefficient (Wildman–Crippen LogP) is 1.95. The second-order valence-corrected chi connectivity index (χ2v) is 4.60. The van der Waals surface area contributed by atoms with E-state index in [9.17, 15) is 0 Å². The van der Waals surface area contributed by atoms with E-state index in [2.05, 4.69) is 23.5 Å². The standard InChI is InChI=1S/C14H21NO/c1-15-14(10-16-2)9-11-6-7-12-4-3-5-13(12)8-11/h6-8,14-15H,3-5,9-10H2,1-2H3. The van der Waals surface area contributed by atoms with E-state index in [1.54, 1.807) is 18.2 Å². The number of hydrogen-bond donors (Lipinski definition) is 1. The summed E-state index contributed by atoms with van der Waals surface area (Å²) in [5.41, 5.74) is 4.54. The molecular weight excluding hydrogens is 198 g/mol. The first kappa shape index (κ1) is 11.6. The van der Waals surface area contributed by atoms with Crippen molar-refractivity contribution < 1.29 is 4.74 Å². The van der Waals surface area contributed by atoms with Crippen molar-refractivity contribution in [1.82, 2.24) is 5.32 Å². The summed E-state index contributed by atoms with van der Waals surface area (Å²) in [4.78, 5) is 0. The molecule has 1 atom stereocenters. The minimum atomic E-state index is 0.421. The van der Waals surface area contributed by atoms with Crippen LogP contribution in [0.3, 0.4) is 0 Å². The Balaban J connectivity index is 2.04. The van der Waals surface area contributed by atoms with Crippen LogP contribution in [0.25, 0.3) is 0 Å². The monoisotopic (exact) mass is 219 g/mol. The number of methoxy groups -OCH3 is 1. The van der Waals surface area contributed by atoms with Gasteiger partial charge in [-0.2, -0.15) is 0 Å². The molecule has 0 fully saturated rings. The minimum Gasteiger partial charge on any atom is -0.383 e. The molecule has 0 aliphatic heterocycles. The van der Waals surface area contributed by atoms with E-state index < -0.39 is 0 Å². The molecule has 0 aromatic heterocycles. The van der Waals surface area contributed by atoms with Crippen molar-refractivity contribution in [3.8, 4) is 0 Å². The van der Waals surface area contributed by atoms with E-state index in [0.717, 1.165) is 13.0 Å². The maximum absolute atomic E-state index is 5.20. The first-order chi connectivity index (χ1) is 7.83. The number of aryl methyl sites for hydroxylation is 2. The highest BCUT2D eigenvalue weighted by Crippen LogP contribution is 2.23. The molecule has 0 spiro atoms. The van der Waals surface area contributed by atoms with Gasteiger partial charge in [-0.1, -0.05) is 18.2 Å². The van der Waals surface area contributed by atoms with Crippen LogP contribution in [0.15, 0.2) is 18.2 Å². The Kier molecular flexibility index (Phi) is 3.97. The Morgan fingerprint density at radius 1 is 1.31 bits per heavy atom. The first-order valence-corrected chi connectivity index (χ1v) is 6.10. The highest BCUT2D eigenvalue weighted by molar-refractivity contribution is 5.35. The van der Waals surface area contributed by atoms with Crippen molar-refractivity contribution in [1.29, 1.82) is 0 Å². The lowest BCUT2D eigenvalue weighted by molar-refractivity contribution is 0.169. The summed E-state index contributed by atoms with van der Waals surface area (Å²) >= 11 is 0. The van der Waals surface area contributed by atoms with E-state index in [1.807, 2.05) is 7.05 Å². The zero-order valence-electron chi connectivity index (χ0n) is 10.3. The van der Waals surface area contributed by atoms with Crippen LogP contribution in [0, 0.1) is 0 Å². The summed E-state index contributed by atoms with van der Waals surface area (Å²) in [5.74, 6) is 0. The van der Waals surface area contributed by atoms with E-state index in [-0.39, 0.29) is 0 Å². The van der Waals surface area contributed by atoms with Crippen molar-refractivity contribution in [2.24, 2.45) is 0 Å². The predicted molar refractivity (Wildman–Crippen MR) is 66.9 cm³/mol. The van der Waals surface area contributed by atoms with Crippen LogP contribution in [0.5, 0.6) is 0 Å². The molecule has 1 N–H and O–H groups in total. The van der Waals surface area contributed by atoms with Crippen LogP contribution in [-0.4, -0.2) is 26.8 Å². The Morgan fingerprint density at radius 3 is 2.88 bits per heavy atom. The molecule has 1 aliphatic carbocycles. The second-order valence-electron chi connectivity index (χ2n) is 4.60. The van der Waals surface area contributed by atoms with Gasteiger partial charge in [0.1, 0.15) is 0 Å². The van der Waals surface area contributed by atoms with Gasteiger partial charge in [-0.25, -0.2) is 0 Å². The lowest BCUT2D eigenvalue weighted by Crippen LogP contribution is -2.32. The summed E-state index contributed by atoms with van der Waals surface area (Å²) < 4.78 is 5.20. The van der Waals surface area contributed by atoms with E-state index in [4.69, 9.17) is 4.74 Å². The fourth-order valence-corrected chi connectivity index (χ4v) is 2.48. The fraction of sp³-hybridized carbons (Fsp3) is 0.571. The third-order valence-corrected chi connectivity index (χ3v) is 3.42. The van der Waals surface area contributed by atoms with Gasteiger partial charge in [0.25, 0.3) is 0 Å². The number of fused-ring (bicyclic) bond motifs is 1. The molecule has 0 saturated heterocycles. The Morgan fingerprint density at radius 2 is 2.12 bits per heavy atom. The number of rotatable bonds is 5. The molecule has 1 aliphatic rings. The zero-order valence-corrected chi connectivity index (χ0v) is 10.3. The highest BCUT2D eigenvalue weighted by atomic mass is 16.5. The van der Waals surface area contributed by atoms with E-state index >= 15 is 0 Å². The quantitative estimate of drug-likeness (QED) is 0.817. The Bertz CT molecular complexity index is 349. The van der Waals surface area contributed by atoms with Crippen molar-refractivity contribution in [2.45, 2.75) is 31.7 Å². The molecule has 2 nitrogen and oxygen atoms in total. The molecule has 1 unspecified atom stereocenters. The lowest BCUT2D eigenvalue weighted by atomic mass is 10.0. The third-order valence-electron chi connectivity index (χ3n) is 3.42. The first-order valence-electron chi connectivity index (χ1n) is 6.10. The molecule has 88 valence electrons. The summed E-state index contributed by atoms with van der Waals surface area (Å²) in [6.07, 6.45) is 4.91. The molecule has 16 heavy (non-hydrogen) atoms. The van der Waals surface area contributed by atoms with Crippen molar-refractivity contribution in [3.05, 3.63) is 34.9 Å². The maximum atomic E-state index is 5.20. The summed E-state index contributed by atoms with van der Waals surface area (Å²) in [6.45, 7) is 0.771. The van der Waals surface area contributed by atoms with Crippen LogP contribution in [0.1, 0.15) is 23.1 Å². The van der Waals surface area contributed by atoms with Gasteiger partial charge in [-0.3, -0.25) is 0 Å². The molecule has 2 rings (SSSR count). The Labute approximate surface area is 98.0 Å². The van der Waals surface area contributed by atoms with Gasteiger partial charge in [0.2, 0.25) is 0 Å². The molecular formula is C14H21NO. The smallest absolute Gasteiger partial charge is 0.0618 e. The van der Waals surface area contributed by atoms with Gasteiger partial charge < -0.3 is 10.1 Å². The fourth-order valence-electron chi connectivity index (χ4n) is 2.48. The van der Waals surface area contributed by atoms with E-state index in [0.29, 0.717) is 6.04 Å². The lowest BCUT2D eigenvalue weighted by Gasteiger charge is -2.15. The van der Waals surface area contributed by atoms with Gasteiger partial charge in [-0.05, 0) is 49.4 Å². The van der Waals surface area contributed by atoms with Crippen molar-refractivity contribution >= 4 is 0 Å². The summed E-state index contributed by atoms with van der Waals surface area (Å²) in [6, 6.07) is 7.37. The number of ether oxygens (including phenoxy) is 1. The average molecular weight is 219 g/mol. The van der Waals surface area contributed by atoms with Gasteiger partial charge >= 0.3 is 0 Å². The van der Waals surface area contributed by atoms with Crippen LogP contribution >= 0.6 is 0 Å². The average Bonchev–Trinajstić information content (AvgIpc) is 2.75. The van der Waals surface area contributed by atoms with Gasteiger partial charge in [-0.15, -0.1) is 0 Å². The summed E-state index contributed by atoms with van der Waals surface area (Å²) in [5, 5.41) is 3.29. The van der Waals surface area contributed by atoms with Crippen LogP contribution in [0.4, 0.5) is 0 Å². The van der Waals surface area contributed by atoms with E-state index in [1.165, 1.54) is 24.8 Å². The number of likely N-dealkylation sites (N-methyl/N-ethyl adjacent to an activating group) is 1. The van der Waals surface area contributed by atoms with Gasteiger partial charge in [0, 0.05) is 13.2 Å². The molecule has 2 heteroatoms. The zero-order chi connectivity index (χ0) is 11.4. The molecule has 0 radical (unpaired) electrons. The summed E-state index contributed by atoms with van der Waals surface area (Å²) in [7, 11) is 3.75. The van der Waals surface area contributed by atoms with Crippen LogP contribution in [-0.2, 0) is 24.0 Å². The SMILES string of the molecule is CNC(COC)Cc1ccc2c(c1)CCC2. The van der Waals surface area contributed by atoms with Gasteiger partial charge in [0.05, 0.1) is 6.61 Å².